The van der Waals surface area contributed by atoms with Crippen molar-refractivity contribution in [1.29, 1.82) is 0 Å². The van der Waals surface area contributed by atoms with Crippen molar-refractivity contribution in [3.8, 4) is 0 Å². The number of ether oxygens (including phenoxy) is 2. The van der Waals surface area contributed by atoms with Crippen LogP contribution in [-0.4, -0.2) is 80.3 Å². The lowest BCUT2D eigenvalue weighted by atomic mass is 9.98. The smallest absolute Gasteiger partial charge is 0.246 e. The van der Waals surface area contributed by atoms with E-state index in [1.54, 1.807) is 4.57 Å². The zero-order valence-electron chi connectivity index (χ0n) is 13.6. The highest BCUT2D eigenvalue weighted by Crippen LogP contribution is 2.20. The molecule has 1 aliphatic rings. The number of carbonyl (C=O) groups excluding carboxylic acids is 1. The molecule has 0 bridgehead atoms. The molecule has 1 fully saturated rings. The molecule has 2 aromatic heterocycles. The van der Waals surface area contributed by atoms with Gasteiger partial charge in [0.2, 0.25) is 5.91 Å². The van der Waals surface area contributed by atoms with Gasteiger partial charge in [-0.15, -0.1) is 0 Å². The zero-order valence-corrected chi connectivity index (χ0v) is 13.6. The maximum atomic E-state index is 11.6. The number of nitrogens with one attached hydrogen (secondary N) is 1. The predicted octanol–water partition coefficient (Wildman–Crippen LogP) is -2.34. The molecule has 0 aliphatic carbocycles. The lowest BCUT2D eigenvalue weighted by Crippen LogP contribution is -2.60. The van der Waals surface area contributed by atoms with Crippen LogP contribution in [-0.2, 0) is 20.8 Å². The van der Waals surface area contributed by atoms with Crippen molar-refractivity contribution in [1.82, 2.24) is 24.8 Å². The molecular formula is C14H20N6O5. The van der Waals surface area contributed by atoms with Crippen molar-refractivity contribution < 1.29 is 24.5 Å². The third kappa shape index (κ3) is 3.54. The first-order valence-electron chi connectivity index (χ1n) is 7.68. The predicted molar refractivity (Wildman–Crippen MR) is 85.3 cm³/mol. The summed E-state index contributed by atoms with van der Waals surface area (Å²) in [7, 11) is 1.39. The Labute approximate surface area is 142 Å². The van der Waals surface area contributed by atoms with Gasteiger partial charge in [0.15, 0.2) is 11.5 Å². The quantitative estimate of drug-likeness (QED) is 0.463. The number of aliphatic hydroxyl groups is 2. The van der Waals surface area contributed by atoms with Crippen LogP contribution in [0.2, 0.25) is 0 Å². The Morgan fingerprint density at radius 3 is 3.00 bits per heavy atom. The summed E-state index contributed by atoms with van der Waals surface area (Å²) in [6.45, 7) is 0.136. The molecule has 3 rings (SSSR count). The van der Waals surface area contributed by atoms with E-state index >= 15 is 0 Å². The Balaban J connectivity index is 1.68. The highest BCUT2D eigenvalue weighted by molar-refractivity contribution is 5.81. The van der Waals surface area contributed by atoms with E-state index in [2.05, 4.69) is 20.3 Å². The Kier molecular flexibility index (Phi) is 5.08. The van der Waals surface area contributed by atoms with Crippen LogP contribution in [0.15, 0.2) is 12.7 Å². The molecule has 2 aromatic rings. The molecule has 1 saturated heterocycles. The van der Waals surface area contributed by atoms with Gasteiger partial charge in [0.05, 0.1) is 25.5 Å². The van der Waals surface area contributed by atoms with E-state index in [-0.39, 0.29) is 25.6 Å². The van der Waals surface area contributed by atoms with Crippen LogP contribution in [0.4, 0.5) is 5.82 Å². The molecule has 3 heterocycles. The molecule has 1 aliphatic heterocycles. The van der Waals surface area contributed by atoms with Crippen molar-refractivity contribution in [3.63, 3.8) is 0 Å². The minimum Gasteiger partial charge on any atom is -0.388 e. The van der Waals surface area contributed by atoms with E-state index in [1.807, 2.05) is 0 Å². The van der Waals surface area contributed by atoms with E-state index in [9.17, 15) is 15.0 Å². The highest BCUT2D eigenvalue weighted by atomic mass is 16.5. The molecule has 4 atom stereocenters. The molecule has 0 radical (unpaired) electrons. The Morgan fingerprint density at radius 2 is 2.24 bits per heavy atom. The largest absolute Gasteiger partial charge is 0.388 e. The number of amides is 1. The van der Waals surface area contributed by atoms with Crippen LogP contribution < -0.4 is 11.1 Å². The number of nitrogen functional groups attached to an aromatic ring is 1. The van der Waals surface area contributed by atoms with Crippen LogP contribution in [0.1, 0.15) is 0 Å². The summed E-state index contributed by atoms with van der Waals surface area (Å²) in [6.07, 6.45) is -0.221. The van der Waals surface area contributed by atoms with Crippen LogP contribution in [0, 0.1) is 0 Å². The van der Waals surface area contributed by atoms with Gasteiger partial charge in [0, 0.05) is 7.11 Å². The number of hydrogen-bond acceptors (Lipinski definition) is 9. The van der Waals surface area contributed by atoms with E-state index < -0.39 is 30.3 Å². The molecule has 5 N–H and O–H groups in total. The normalized spacial score (nSPS) is 26.7. The van der Waals surface area contributed by atoms with Gasteiger partial charge in [-0.3, -0.25) is 4.79 Å². The fraction of sp³-hybridized carbons (Fsp3) is 0.571. The molecule has 11 nitrogen and oxygen atoms in total. The summed E-state index contributed by atoms with van der Waals surface area (Å²) >= 11 is 0. The minimum atomic E-state index is -1.20. The molecule has 136 valence electrons. The molecule has 1 amide bonds. The van der Waals surface area contributed by atoms with Gasteiger partial charge >= 0.3 is 0 Å². The summed E-state index contributed by atoms with van der Waals surface area (Å²) in [5.74, 6) is -0.136. The van der Waals surface area contributed by atoms with Gasteiger partial charge < -0.3 is 35.3 Å². The summed E-state index contributed by atoms with van der Waals surface area (Å²) in [6, 6.07) is -0.716. The number of rotatable bonds is 5. The second-order valence-electron chi connectivity index (χ2n) is 5.79. The van der Waals surface area contributed by atoms with E-state index in [4.69, 9.17) is 15.2 Å². The van der Waals surface area contributed by atoms with Crippen LogP contribution in [0.5, 0.6) is 0 Å². The van der Waals surface area contributed by atoms with Gasteiger partial charge in [-0.05, 0) is 0 Å². The second-order valence-corrected chi connectivity index (χ2v) is 5.79. The Morgan fingerprint density at radius 1 is 1.44 bits per heavy atom. The maximum Gasteiger partial charge on any atom is 0.246 e. The number of methoxy groups -OCH3 is 1. The number of aromatic nitrogens is 4. The van der Waals surface area contributed by atoms with Crippen LogP contribution >= 0.6 is 0 Å². The van der Waals surface area contributed by atoms with Crippen molar-refractivity contribution in [2.75, 3.05) is 26.1 Å². The Hall–Kier alpha value is -2.34. The fourth-order valence-corrected chi connectivity index (χ4v) is 2.78. The third-order valence-corrected chi connectivity index (χ3v) is 4.06. The standard InChI is InChI=1S/C14H20N6O5/c1-24-4-9(21)19-7-3-25-8(12(23)11(7)22)2-20-6-18-10-13(15)16-5-17-14(10)20/h5-8,11-12,22-23H,2-4H2,1H3,(H,19,21)(H2,15,16,17)/t7-,8-,11+,12-/m1/s1. The SMILES string of the molecule is COCC(=O)N[C@@H]1CO[C@H](Cn2cnc3c(N)ncnc32)[C@@H](O)[C@H]1O. The van der Waals surface area contributed by atoms with Gasteiger partial charge in [-0.1, -0.05) is 0 Å². The highest BCUT2D eigenvalue weighted by Gasteiger charge is 2.39. The van der Waals surface area contributed by atoms with E-state index in [1.165, 1.54) is 19.8 Å². The van der Waals surface area contributed by atoms with Gasteiger partial charge in [0.1, 0.15) is 36.8 Å². The lowest BCUT2D eigenvalue weighted by Gasteiger charge is -2.38. The molecule has 0 unspecified atom stereocenters. The molecular weight excluding hydrogens is 332 g/mol. The van der Waals surface area contributed by atoms with Crippen LogP contribution in [0.25, 0.3) is 11.2 Å². The summed E-state index contributed by atoms with van der Waals surface area (Å²) in [4.78, 5) is 23.7. The number of imidazole rings is 1. The second kappa shape index (κ2) is 7.27. The van der Waals surface area contributed by atoms with Gasteiger partial charge in [-0.2, -0.15) is 0 Å². The lowest BCUT2D eigenvalue weighted by molar-refractivity contribution is -0.159. The van der Waals surface area contributed by atoms with Crippen LogP contribution in [0.3, 0.4) is 0 Å². The maximum absolute atomic E-state index is 11.6. The van der Waals surface area contributed by atoms with Crippen molar-refractivity contribution >= 4 is 22.9 Å². The van der Waals surface area contributed by atoms with Gasteiger partial charge in [0.25, 0.3) is 0 Å². The average Bonchev–Trinajstić information content (AvgIpc) is 2.99. The number of carbonyl (C=O) groups is 1. The first-order valence-corrected chi connectivity index (χ1v) is 7.68. The monoisotopic (exact) mass is 352 g/mol. The van der Waals surface area contributed by atoms with Crippen molar-refractivity contribution in [2.24, 2.45) is 0 Å². The Bertz CT molecular complexity index is 752. The summed E-state index contributed by atoms with van der Waals surface area (Å²) in [5.41, 5.74) is 6.71. The van der Waals surface area contributed by atoms with Crippen molar-refractivity contribution in [3.05, 3.63) is 12.7 Å². The number of nitrogens with two attached hydrogens (primary N) is 1. The van der Waals surface area contributed by atoms with Crippen molar-refractivity contribution in [2.45, 2.75) is 30.9 Å². The first-order chi connectivity index (χ1) is 12.0. The third-order valence-electron chi connectivity index (χ3n) is 4.06. The molecule has 0 aromatic carbocycles. The number of hydrogen-bond donors (Lipinski definition) is 4. The molecule has 11 heteroatoms. The average molecular weight is 352 g/mol. The molecule has 25 heavy (non-hydrogen) atoms. The fourth-order valence-electron chi connectivity index (χ4n) is 2.78. The van der Waals surface area contributed by atoms with E-state index in [0.717, 1.165) is 0 Å². The zero-order chi connectivity index (χ0) is 18.0. The number of fused-ring (bicyclic) bond motifs is 1. The number of anilines is 1. The summed E-state index contributed by atoms with van der Waals surface area (Å²) < 4.78 is 12.0. The van der Waals surface area contributed by atoms with Gasteiger partial charge in [-0.25, -0.2) is 15.0 Å². The minimum absolute atomic E-state index is 0.0576. The topological polar surface area (TPSA) is 158 Å². The molecule has 0 spiro atoms. The summed E-state index contributed by atoms with van der Waals surface area (Å²) in [5, 5.41) is 23.1. The van der Waals surface area contributed by atoms with E-state index in [0.29, 0.717) is 11.2 Å². The number of aliphatic hydroxyl groups excluding tert-OH is 2. The first kappa shape index (κ1) is 17.5. The number of nitrogens with zero attached hydrogens (tertiary/aromatic N) is 4. The molecule has 0 saturated carbocycles.